The van der Waals surface area contributed by atoms with Gasteiger partial charge in [0.15, 0.2) is 6.29 Å². The largest absolute Gasteiger partial charge is 0.492 e. The van der Waals surface area contributed by atoms with Crippen molar-refractivity contribution in [1.82, 2.24) is 0 Å². The van der Waals surface area contributed by atoms with Crippen molar-refractivity contribution in [3.8, 4) is 5.75 Å². The Balaban J connectivity index is 1.97. The van der Waals surface area contributed by atoms with Gasteiger partial charge in [-0.3, -0.25) is 9.59 Å². The molecule has 2 amide bonds. The standard InChI is InChI=1S/C26H24FNO5/c1-4-33-24-17-8-6-5-7-16(17)18(11-14(2)3)22-23(24)26(32)28(25(22)31)20-10-9-15(12-19(20)27)13-21(29)30/h5-12,21,29-30H,4,13H2,1-3H3. The first-order valence-electron chi connectivity index (χ1n) is 10.6. The van der Waals surface area contributed by atoms with Gasteiger partial charge in [-0.25, -0.2) is 9.29 Å². The number of halogens is 1. The van der Waals surface area contributed by atoms with Crippen molar-refractivity contribution >= 4 is 34.4 Å². The van der Waals surface area contributed by atoms with Gasteiger partial charge in [-0.2, -0.15) is 0 Å². The van der Waals surface area contributed by atoms with Crippen LogP contribution in [-0.2, 0) is 6.42 Å². The second kappa shape index (κ2) is 8.77. The molecule has 0 unspecified atom stereocenters. The molecule has 0 spiro atoms. The molecule has 7 heteroatoms. The molecule has 4 rings (SSSR count). The lowest BCUT2D eigenvalue weighted by Gasteiger charge is -2.16. The Kier molecular flexibility index (Phi) is 6.01. The van der Waals surface area contributed by atoms with Crippen LogP contribution in [0.1, 0.15) is 52.6 Å². The monoisotopic (exact) mass is 449 g/mol. The summed E-state index contributed by atoms with van der Waals surface area (Å²) in [4.78, 5) is 28.0. The van der Waals surface area contributed by atoms with Crippen molar-refractivity contribution in [1.29, 1.82) is 0 Å². The van der Waals surface area contributed by atoms with Gasteiger partial charge in [0.25, 0.3) is 11.8 Å². The van der Waals surface area contributed by atoms with Crippen molar-refractivity contribution in [2.75, 3.05) is 11.5 Å². The Labute approximate surface area is 190 Å². The predicted molar refractivity (Wildman–Crippen MR) is 124 cm³/mol. The van der Waals surface area contributed by atoms with Crippen LogP contribution in [0.15, 0.2) is 48.0 Å². The number of fused-ring (bicyclic) bond motifs is 2. The molecule has 0 radical (unpaired) electrons. The van der Waals surface area contributed by atoms with E-state index in [1.807, 2.05) is 44.2 Å². The number of carbonyl (C=O) groups excluding carboxylic acids is 2. The van der Waals surface area contributed by atoms with Gasteiger partial charge in [-0.1, -0.05) is 42.0 Å². The van der Waals surface area contributed by atoms with Crippen LogP contribution >= 0.6 is 0 Å². The van der Waals surface area contributed by atoms with Crippen LogP contribution in [0.4, 0.5) is 10.1 Å². The number of aliphatic hydroxyl groups excluding tert-OH is 1. The molecule has 33 heavy (non-hydrogen) atoms. The van der Waals surface area contributed by atoms with E-state index < -0.39 is 23.9 Å². The fourth-order valence-electron chi connectivity index (χ4n) is 4.20. The van der Waals surface area contributed by atoms with E-state index in [-0.39, 0.29) is 29.8 Å². The van der Waals surface area contributed by atoms with Gasteiger partial charge < -0.3 is 14.9 Å². The molecule has 1 aliphatic rings. The normalized spacial score (nSPS) is 13.1. The molecule has 0 aliphatic carbocycles. The summed E-state index contributed by atoms with van der Waals surface area (Å²) in [5, 5.41) is 19.8. The number of aliphatic hydroxyl groups is 2. The van der Waals surface area contributed by atoms with E-state index in [9.17, 15) is 9.59 Å². The lowest BCUT2D eigenvalue weighted by atomic mass is 9.92. The highest BCUT2D eigenvalue weighted by atomic mass is 19.1. The average molecular weight is 449 g/mol. The number of rotatable bonds is 6. The molecular weight excluding hydrogens is 425 g/mol. The molecule has 0 atom stereocenters. The number of imide groups is 1. The summed E-state index contributed by atoms with van der Waals surface area (Å²) in [5.41, 5.74) is 1.94. The Morgan fingerprint density at radius 3 is 2.33 bits per heavy atom. The van der Waals surface area contributed by atoms with Gasteiger partial charge in [0.05, 0.1) is 23.4 Å². The first-order valence-corrected chi connectivity index (χ1v) is 10.6. The van der Waals surface area contributed by atoms with E-state index in [1.165, 1.54) is 12.1 Å². The fourth-order valence-corrected chi connectivity index (χ4v) is 4.20. The Morgan fingerprint density at radius 1 is 1.06 bits per heavy atom. The third kappa shape index (κ3) is 3.90. The predicted octanol–water partition coefficient (Wildman–Crippen LogP) is 4.45. The molecule has 0 saturated heterocycles. The third-order valence-corrected chi connectivity index (χ3v) is 5.44. The summed E-state index contributed by atoms with van der Waals surface area (Å²) in [6.45, 7) is 5.86. The molecule has 0 aromatic heterocycles. The van der Waals surface area contributed by atoms with Gasteiger partial charge in [0.2, 0.25) is 0 Å². The smallest absolute Gasteiger partial charge is 0.270 e. The number of hydrogen-bond acceptors (Lipinski definition) is 5. The minimum Gasteiger partial charge on any atom is -0.492 e. The van der Waals surface area contributed by atoms with Crippen LogP contribution < -0.4 is 9.64 Å². The molecule has 3 aromatic rings. The molecule has 0 fully saturated rings. The number of ether oxygens (including phenoxy) is 1. The van der Waals surface area contributed by atoms with Gasteiger partial charge in [-0.05, 0) is 49.4 Å². The lowest BCUT2D eigenvalue weighted by Crippen LogP contribution is -2.30. The number of benzene rings is 3. The topological polar surface area (TPSA) is 87.1 Å². The molecule has 3 aromatic carbocycles. The SMILES string of the molecule is CCOc1c2c(c(C=C(C)C)c3ccccc13)C(=O)N(c1ccc(CC(O)O)cc1F)C2=O. The second-order valence-corrected chi connectivity index (χ2v) is 8.11. The fraction of sp³-hybridized carbons (Fsp3) is 0.231. The maximum Gasteiger partial charge on any atom is 0.270 e. The van der Waals surface area contributed by atoms with Gasteiger partial charge in [0.1, 0.15) is 11.6 Å². The van der Waals surface area contributed by atoms with E-state index >= 15 is 4.39 Å². The van der Waals surface area contributed by atoms with E-state index in [1.54, 1.807) is 6.92 Å². The maximum atomic E-state index is 15.0. The summed E-state index contributed by atoms with van der Waals surface area (Å²) in [6, 6.07) is 11.2. The number of anilines is 1. The van der Waals surface area contributed by atoms with Gasteiger partial charge >= 0.3 is 0 Å². The average Bonchev–Trinajstić information content (AvgIpc) is 3.00. The van der Waals surface area contributed by atoms with Crippen LogP contribution in [0.3, 0.4) is 0 Å². The molecule has 170 valence electrons. The number of amides is 2. The van der Waals surface area contributed by atoms with Crippen molar-refractivity contribution in [3.63, 3.8) is 0 Å². The molecule has 0 bridgehead atoms. The quantitative estimate of drug-likeness (QED) is 0.429. The Bertz CT molecular complexity index is 1310. The highest BCUT2D eigenvalue weighted by Crippen LogP contribution is 2.43. The Hall–Kier alpha value is -3.55. The summed E-state index contributed by atoms with van der Waals surface area (Å²) in [5.74, 6) is -1.81. The summed E-state index contributed by atoms with van der Waals surface area (Å²) >= 11 is 0. The first-order chi connectivity index (χ1) is 15.7. The molecule has 1 heterocycles. The molecule has 6 nitrogen and oxygen atoms in total. The lowest BCUT2D eigenvalue weighted by molar-refractivity contribution is -0.0381. The summed E-state index contributed by atoms with van der Waals surface area (Å²) in [6.07, 6.45) is 0.0276. The van der Waals surface area contributed by atoms with E-state index in [0.29, 0.717) is 22.3 Å². The number of nitrogens with zero attached hydrogens (tertiary/aromatic N) is 1. The number of hydrogen-bond donors (Lipinski definition) is 2. The van der Waals surface area contributed by atoms with Crippen LogP contribution in [-0.4, -0.2) is 34.9 Å². The highest BCUT2D eigenvalue weighted by Gasteiger charge is 2.43. The highest BCUT2D eigenvalue weighted by molar-refractivity contribution is 6.38. The zero-order valence-corrected chi connectivity index (χ0v) is 18.6. The number of allylic oxidation sites excluding steroid dienone is 1. The third-order valence-electron chi connectivity index (χ3n) is 5.44. The van der Waals surface area contributed by atoms with Gasteiger partial charge in [-0.15, -0.1) is 0 Å². The second-order valence-electron chi connectivity index (χ2n) is 8.11. The van der Waals surface area contributed by atoms with Gasteiger partial charge in [0, 0.05) is 11.8 Å². The van der Waals surface area contributed by atoms with Crippen LogP contribution in [0.2, 0.25) is 0 Å². The van der Waals surface area contributed by atoms with Crippen molar-refractivity contribution in [2.24, 2.45) is 0 Å². The van der Waals surface area contributed by atoms with Crippen molar-refractivity contribution in [3.05, 3.63) is 76.1 Å². The van der Waals surface area contributed by atoms with Crippen LogP contribution in [0.25, 0.3) is 16.8 Å². The summed E-state index contributed by atoms with van der Waals surface area (Å²) < 4.78 is 20.9. The maximum absolute atomic E-state index is 15.0. The van der Waals surface area contributed by atoms with Crippen LogP contribution in [0.5, 0.6) is 5.75 Å². The Morgan fingerprint density at radius 2 is 1.73 bits per heavy atom. The van der Waals surface area contributed by atoms with Crippen LogP contribution in [0, 0.1) is 5.82 Å². The first kappa shape index (κ1) is 22.6. The molecule has 0 saturated carbocycles. The van der Waals surface area contributed by atoms with Crippen molar-refractivity contribution in [2.45, 2.75) is 33.5 Å². The summed E-state index contributed by atoms with van der Waals surface area (Å²) in [7, 11) is 0. The van der Waals surface area contributed by atoms with Crippen molar-refractivity contribution < 1.29 is 28.9 Å². The van der Waals surface area contributed by atoms with E-state index in [0.717, 1.165) is 21.9 Å². The minimum atomic E-state index is -1.64. The minimum absolute atomic E-state index is 0.113. The van der Waals surface area contributed by atoms with E-state index in [2.05, 4.69) is 0 Å². The molecule has 2 N–H and O–H groups in total. The molecular formula is C26H24FNO5. The zero-order chi connectivity index (χ0) is 23.9. The zero-order valence-electron chi connectivity index (χ0n) is 18.6. The van der Waals surface area contributed by atoms with E-state index in [4.69, 9.17) is 14.9 Å². The number of carbonyl (C=O) groups is 2. The molecule has 1 aliphatic heterocycles.